The zero-order valence-electron chi connectivity index (χ0n) is 33.7. The molecule has 61 heavy (non-hydrogen) atoms. The van der Waals surface area contributed by atoms with Crippen molar-refractivity contribution in [2.75, 3.05) is 25.0 Å². The molecule has 6 amide bonds. The average Bonchev–Trinajstić information content (AvgIpc) is 4.03. The molecule has 0 aliphatic carbocycles. The summed E-state index contributed by atoms with van der Waals surface area (Å²) in [7, 11) is 0. The molecule has 1 aromatic carbocycles. The number of nitrogens with one attached hydrogen (secondary N) is 3. The molecular weight excluding hydrogens is 779 g/mol. The summed E-state index contributed by atoms with van der Waals surface area (Å²) in [5.74, 6) is -0.911. The third-order valence-corrected chi connectivity index (χ3v) is 11.5. The number of H-pyrrole nitrogens is 1. The standard InChI is InChI=1S/C45H47N9O7/c55-38-18-17-35(43(58)50-38)53-44(59)31-11-9-14-36(40(31)45(53)60)61-26-8-4-2-1-3-5-16-39(56)52-24-20-29(21-25-52)32-28-48-54(37-15-6-7-22-47-37)41(32)51-42(57)34-13-10-12-33(49-34)30-19-23-46-27-30/h6-7,9-15,19,22-23,27-29,35,46H,1-5,8,16-18,20-21,24-26H2,(H,51,57)(H,50,55,58). The number of carbonyl (C=O) groups is 6. The maximum atomic E-state index is 13.6. The van der Waals surface area contributed by atoms with Crippen LogP contribution in [0.15, 0.2) is 85.5 Å². The van der Waals surface area contributed by atoms with Crippen LogP contribution >= 0.6 is 0 Å². The Hall–Kier alpha value is -6.97. The third kappa shape index (κ3) is 8.98. The van der Waals surface area contributed by atoms with Gasteiger partial charge in [0.2, 0.25) is 17.7 Å². The number of imide groups is 2. The van der Waals surface area contributed by atoms with Crippen LogP contribution < -0.4 is 15.4 Å². The molecule has 16 nitrogen and oxygen atoms in total. The number of aromatic amines is 1. The molecule has 5 aromatic rings. The lowest BCUT2D eigenvalue weighted by Crippen LogP contribution is -2.54. The molecule has 1 atom stereocenters. The van der Waals surface area contributed by atoms with Crippen LogP contribution in [-0.4, -0.2) is 95.7 Å². The molecule has 2 fully saturated rings. The fourth-order valence-corrected chi connectivity index (χ4v) is 8.28. The number of anilines is 1. The van der Waals surface area contributed by atoms with E-state index in [0.29, 0.717) is 49.2 Å². The largest absolute Gasteiger partial charge is 0.493 e. The second-order valence-corrected chi connectivity index (χ2v) is 15.5. The Morgan fingerprint density at radius 1 is 0.852 bits per heavy atom. The summed E-state index contributed by atoms with van der Waals surface area (Å²) in [6.07, 6.45) is 14.6. The van der Waals surface area contributed by atoms with Crippen LogP contribution in [0.2, 0.25) is 0 Å². The van der Waals surface area contributed by atoms with Gasteiger partial charge in [0, 0.05) is 55.6 Å². The molecule has 4 aromatic heterocycles. The predicted molar refractivity (Wildman–Crippen MR) is 223 cm³/mol. The highest BCUT2D eigenvalue weighted by Gasteiger charge is 2.46. The topological polar surface area (TPSA) is 202 Å². The van der Waals surface area contributed by atoms with E-state index in [0.717, 1.165) is 67.4 Å². The van der Waals surface area contributed by atoms with Crippen molar-refractivity contribution < 1.29 is 33.5 Å². The maximum absolute atomic E-state index is 13.6. The second-order valence-electron chi connectivity index (χ2n) is 15.5. The second kappa shape index (κ2) is 18.5. The summed E-state index contributed by atoms with van der Waals surface area (Å²) in [5.41, 5.74) is 3.08. The van der Waals surface area contributed by atoms with Crippen LogP contribution in [0, 0.1) is 0 Å². The number of aromatic nitrogens is 5. The molecule has 0 bridgehead atoms. The van der Waals surface area contributed by atoms with E-state index in [2.05, 4.69) is 30.7 Å². The molecule has 8 rings (SSSR count). The van der Waals surface area contributed by atoms with Gasteiger partial charge in [0.25, 0.3) is 17.7 Å². The first-order chi connectivity index (χ1) is 29.8. The van der Waals surface area contributed by atoms with Gasteiger partial charge in [0.1, 0.15) is 23.3 Å². The number of piperidine rings is 2. The summed E-state index contributed by atoms with van der Waals surface area (Å²) >= 11 is 0. The fraction of sp³-hybridized carbons (Fsp3) is 0.356. The molecular formula is C45H47N9O7. The first-order valence-electron chi connectivity index (χ1n) is 20.9. The van der Waals surface area contributed by atoms with Gasteiger partial charge in [0.05, 0.1) is 29.6 Å². The fourth-order valence-electron chi connectivity index (χ4n) is 8.28. The van der Waals surface area contributed by atoms with E-state index in [4.69, 9.17) is 4.74 Å². The normalized spacial score (nSPS) is 16.8. The molecule has 0 radical (unpaired) electrons. The van der Waals surface area contributed by atoms with Crippen molar-refractivity contribution in [1.82, 2.24) is 39.8 Å². The number of hydrogen-bond acceptors (Lipinski definition) is 10. The summed E-state index contributed by atoms with van der Waals surface area (Å²) in [5, 5.41) is 9.93. The van der Waals surface area contributed by atoms with Crippen LogP contribution in [0.5, 0.6) is 5.75 Å². The number of nitrogens with zero attached hydrogens (tertiary/aromatic N) is 6. The van der Waals surface area contributed by atoms with Crippen molar-refractivity contribution in [1.29, 1.82) is 0 Å². The number of benzene rings is 1. The van der Waals surface area contributed by atoms with E-state index in [1.54, 1.807) is 41.3 Å². The molecule has 3 aliphatic rings. The molecule has 7 heterocycles. The zero-order valence-corrected chi connectivity index (χ0v) is 33.7. The lowest BCUT2D eigenvalue weighted by Gasteiger charge is -2.32. The summed E-state index contributed by atoms with van der Waals surface area (Å²) in [6.45, 7) is 1.60. The van der Waals surface area contributed by atoms with Crippen molar-refractivity contribution >= 4 is 41.3 Å². The minimum Gasteiger partial charge on any atom is -0.493 e. The van der Waals surface area contributed by atoms with Crippen LogP contribution in [0.25, 0.3) is 17.1 Å². The monoisotopic (exact) mass is 825 g/mol. The summed E-state index contributed by atoms with van der Waals surface area (Å²) in [6, 6.07) is 16.6. The minimum absolute atomic E-state index is 0.0579. The lowest BCUT2D eigenvalue weighted by molar-refractivity contribution is -0.136. The van der Waals surface area contributed by atoms with Gasteiger partial charge in [-0.15, -0.1) is 0 Å². The Kier molecular flexibility index (Phi) is 12.4. The van der Waals surface area contributed by atoms with Crippen LogP contribution in [0.4, 0.5) is 5.82 Å². The van der Waals surface area contributed by atoms with Crippen LogP contribution in [0.1, 0.15) is 113 Å². The van der Waals surface area contributed by atoms with Gasteiger partial charge in [-0.05, 0) is 80.5 Å². The SMILES string of the molecule is O=C1CCC(N2C(=O)c3cccc(OCCCCCCCCC(=O)N4CCC(c5cnn(-c6ccccn6)c5NC(=O)c5cccc(-c6cc[nH]c6)n5)CC4)c3C2=O)C(=O)N1. The Labute approximate surface area is 352 Å². The van der Waals surface area contributed by atoms with E-state index < -0.39 is 29.7 Å². The number of rotatable bonds is 16. The number of unbranched alkanes of at least 4 members (excludes halogenated alkanes) is 5. The van der Waals surface area contributed by atoms with Crippen LogP contribution in [-0.2, 0) is 14.4 Å². The minimum atomic E-state index is -1.03. The molecule has 2 saturated heterocycles. The van der Waals surface area contributed by atoms with Crippen molar-refractivity contribution in [3.05, 3.63) is 108 Å². The quantitative estimate of drug-likeness (QED) is 0.0804. The van der Waals surface area contributed by atoms with Gasteiger partial charge < -0.3 is 19.9 Å². The highest BCUT2D eigenvalue weighted by Crippen LogP contribution is 2.36. The molecule has 314 valence electrons. The molecule has 3 N–H and O–H groups in total. The predicted octanol–water partition coefficient (Wildman–Crippen LogP) is 5.83. The maximum Gasteiger partial charge on any atom is 0.275 e. The highest BCUT2D eigenvalue weighted by molar-refractivity contribution is 6.24. The summed E-state index contributed by atoms with van der Waals surface area (Å²) < 4.78 is 7.60. The Bertz CT molecular complexity index is 2420. The Morgan fingerprint density at radius 3 is 2.43 bits per heavy atom. The van der Waals surface area contributed by atoms with Gasteiger partial charge in [-0.25, -0.2) is 9.97 Å². The van der Waals surface area contributed by atoms with Crippen LogP contribution in [0.3, 0.4) is 0 Å². The highest BCUT2D eigenvalue weighted by atomic mass is 16.5. The van der Waals surface area contributed by atoms with E-state index in [9.17, 15) is 28.8 Å². The number of amides is 6. The smallest absolute Gasteiger partial charge is 0.275 e. The number of hydrogen-bond donors (Lipinski definition) is 3. The number of pyridine rings is 2. The molecule has 3 aliphatic heterocycles. The summed E-state index contributed by atoms with van der Waals surface area (Å²) in [4.78, 5) is 92.2. The van der Waals surface area contributed by atoms with Crippen molar-refractivity contribution in [2.45, 2.75) is 82.6 Å². The first kappa shape index (κ1) is 40.8. The third-order valence-electron chi connectivity index (χ3n) is 11.5. The van der Waals surface area contributed by atoms with E-state index in [-0.39, 0.29) is 47.4 Å². The molecule has 1 unspecified atom stereocenters. The van der Waals surface area contributed by atoms with E-state index >= 15 is 0 Å². The molecule has 0 saturated carbocycles. The van der Waals surface area contributed by atoms with Gasteiger partial charge in [-0.3, -0.25) is 39.0 Å². The van der Waals surface area contributed by atoms with Crippen molar-refractivity contribution in [2.24, 2.45) is 0 Å². The van der Waals surface area contributed by atoms with Gasteiger partial charge in [0.15, 0.2) is 5.82 Å². The van der Waals surface area contributed by atoms with E-state index in [1.807, 2.05) is 53.7 Å². The van der Waals surface area contributed by atoms with Gasteiger partial charge >= 0.3 is 0 Å². The van der Waals surface area contributed by atoms with E-state index in [1.165, 1.54) is 0 Å². The number of ether oxygens (including phenoxy) is 1. The van der Waals surface area contributed by atoms with Gasteiger partial charge in [-0.1, -0.05) is 43.9 Å². The molecule has 0 spiro atoms. The number of likely N-dealkylation sites (tertiary alicyclic amines) is 1. The Balaban J connectivity index is 0.768. The zero-order chi connectivity index (χ0) is 42.3. The van der Waals surface area contributed by atoms with Crippen molar-refractivity contribution in [3.63, 3.8) is 0 Å². The van der Waals surface area contributed by atoms with Gasteiger partial charge in [-0.2, -0.15) is 9.78 Å². The average molecular weight is 826 g/mol. The van der Waals surface area contributed by atoms with Crippen molar-refractivity contribution in [3.8, 4) is 22.8 Å². The Morgan fingerprint density at radius 2 is 1.66 bits per heavy atom. The first-order valence-corrected chi connectivity index (χ1v) is 20.9. The lowest BCUT2D eigenvalue weighted by atomic mass is 9.90. The molecule has 16 heteroatoms. The number of fused-ring (bicyclic) bond motifs is 1. The number of carbonyl (C=O) groups excluding carboxylic acids is 6.